The zero-order valence-electron chi connectivity index (χ0n) is 32.9. The first-order valence-electron chi connectivity index (χ1n) is 18.9. The molecule has 5 N–H and O–H groups in total. The number of carbonyl (C=O) groups is 6. The van der Waals surface area contributed by atoms with Gasteiger partial charge in [-0.25, -0.2) is 9.59 Å². The van der Waals surface area contributed by atoms with Crippen LogP contribution in [-0.2, 0) is 38.8 Å². The van der Waals surface area contributed by atoms with E-state index in [1.165, 1.54) is 58.0 Å². The van der Waals surface area contributed by atoms with Crippen molar-refractivity contribution >= 4 is 63.4 Å². The number of nitrogen functional groups attached to an aromatic ring is 1. The van der Waals surface area contributed by atoms with Crippen LogP contribution in [0.25, 0.3) is 0 Å². The maximum atomic E-state index is 13.7. The molecule has 4 aromatic rings. The number of β-lactam (4-membered cyclic amide) rings is 1. The average Bonchev–Trinajstić information content (AvgIpc) is 3.25. The molecular formula is C42H42N6O11S2. The van der Waals surface area contributed by atoms with Gasteiger partial charge in [0.15, 0.2) is 6.10 Å². The molecule has 17 nitrogen and oxygen atoms in total. The van der Waals surface area contributed by atoms with E-state index in [9.17, 15) is 37.2 Å². The highest BCUT2D eigenvalue weighted by Gasteiger charge is 2.53. The molecule has 0 spiro atoms. The predicted octanol–water partition coefficient (Wildman–Crippen LogP) is 4.14. The number of imide groups is 1. The van der Waals surface area contributed by atoms with E-state index in [4.69, 9.17) is 19.8 Å². The molecule has 61 heavy (non-hydrogen) atoms. The average molecular weight is 871 g/mol. The molecule has 0 saturated carbocycles. The van der Waals surface area contributed by atoms with Crippen molar-refractivity contribution in [3.8, 4) is 0 Å². The summed E-state index contributed by atoms with van der Waals surface area (Å²) in [6, 6.07) is 27.1. The van der Waals surface area contributed by atoms with Gasteiger partial charge in [-0.05, 0) is 60.9 Å². The second-order valence-corrected chi connectivity index (χ2v) is 16.4. The number of hydrogen-bond acceptors (Lipinski definition) is 12. The van der Waals surface area contributed by atoms with Crippen molar-refractivity contribution in [3.05, 3.63) is 143 Å². The van der Waals surface area contributed by atoms with Gasteiger partial charge in [0.2, 0.25) is 11.8 Å². The van der Waals surface area contributed by atoms with E-state index in [2.05, 4.69) is 10.6 Å². The van der Waals surface area contributed by atoms with Gasteiger partial charge < -0.3 is 30.7 Å². The highest BCUT2D eigenvalue weighted by atomic mass is 32.2. The lowest BCUT2D eigenvalue weighted by atomic mass is 10.0. The fourth-order valence-corrected chi connectivity index (χ4v) is 8.16. The number of fused-ring (bicyclic) bond motifs is 1. The molecule has 3 aliphatic rings. The summed E-state index contributed by atoms with van der Waals surface area (Å²) in [5.74, 6) is -2.77. The quantitative estimate of drug-likeness (QED) is 0.0578. The third kappa shape index (κ3) is 10.4. The molecule has 2 saturated heterocycles. The molecule has 4 aromatic carbocycles. The lowest BCUT2D eigenvalue weighted by Crippen LogP contribution is -2.70. The van der Waals surface area contributed by atoms with Gasteiger partial charge in [0, 0.05) is 31.1 Å². The van der Waals surface area contributed by atoms with Crippen LogP contribution in [0.2, 0.25) is 0 Å². The summed E-state index contributed by atoms with van der Waals surface area (Å²) in [5.41, 5.74) is 8.98. The zero-order chi connectivity index (χ0) is 43.8. The van der Waals surface area contributed by atoms with Crippen LogP contribution in [0.5, 0.6) is 0 Å². The molecule has 7 rings (SSSR count). The molecule has 0 bridgehead atoms. The number of urea groups is 1. The fourth-order valence-electron chi connectivity index (χ4n) is 6.51. The summed E-state index contributed by atoms with van der Waals surface area (Å²) in [7, 11) is -4.02. The van der Waals surface area contributed by atoms with Gasteiger partial charge in [0.05, 0.1) is 4.90 Å². The summed E-state index contributed by atoms with van der Waals surface area (Å²) >= 11 is 1.34. The van der Waals surface area contributed by atoms with Crippen molar-refractivity contribution in [2.45, 2.75) is 42.3 Å². The number of thioether (sulfide) groups is 1. The smallest absolute Gasteiger partial charge is 0.421 e. The normalized spacial score (nSPS) is 17.8. The number of likely N-dealkylation sites (N-methyl/N-ethyl adjacent to an activating group) is 1. The molecule has 19 heteroatoms. The summed E-state index contributed by atoms with van der Waals surface area (Å²) in [4.78, 5) is 81.8. The molecule has 3 atom stereocenters. The first-order chi connectivity index (χ1) is 29.2. The minimum Gasteiger partial charge on any atom is -0.421 e. The maximum absolute atomic E-state index is 13.7. The van der Waals surface area contributed by atoms with Crippen LogP contribution in [0.1, 0.15) is 41.3 Å². The number of nitrogens with zero attached hydrogens (tertiary/aromatic N) is 3. The molecule has 0 aromatic heterocycles. The van der Waals surface area contributed by atoms with Crippen molar-refractivity contribution in [1.29, 1.82) is 0 Å². The van der Waals surface area contributed by atoms with Crippen LogP contribution in [0.3, 0.4) is 0 Å². The third-order valence-electron chi connectivity index (χ3n) is 9.76. The Hall–Kier alpha value is -6.70. The number of rotatable bonds is 10. The molecule has 318 valence electrons. The van der Waals surface area contributed by atoms with Crippen LogP contribution in [0.15, 0.2) is 126 Å². The van der Waals surface area contributed by atoms with E-state index in [0.717, 1.165) is 21.6 Å². The summed E-state index contributed by atoms with van der Waals surface area (Å²) in [5, 5.41) is 4.61. The Balaban J connectivity index is 0.000000492. The monoisotopic (exact) mass is 870 g/mol. The minimum absolute atomic E-state index is 0.0214. The van der Waals surface area contributed by atoms with E-state index in [1.54, 1.807) is 25.1 Å². The van der Waals surface area contributed by atoms with Crippen molar-refractivity contribution in [3.63, 3.8) is 0 Å². The first kappa shape index (κ1) is 43.9. The van der Waals surface area contributed by atoms with Crippen molar-refractivity contribution in [2.24, 2.45) is 0 Å². The Kier molecular flexibility index (Phi) is 13.8. The second kappa shape index (κ2) is 19.1. The predicted molar refractivity (Wildman–Crippen MR) is 222 cm³/mol. The lowest BCUT2D eigenvalue weighted by molar-refractivity contribution is -0.153. The topological polar surface area (TPSA) is 235 Å². The van der Waals surface area contributed by atoms with E-state index < -0.39 is 69.5 Å². The van der Waals surface area contributed by atoms with Gasteiger partial charge in [-0.2, -0.15) is 8.42 Å². The number of amides is 6. The van der Waals surface area contributed by atoms with E-state index in [1.807, 2.05) is 67.6 Å². The third-order valence-corrected chi connectivity index (χ3v) is 11.8. The largest absolute Gasteiger partial charge is 0.516 e. The van der Waals surface area contributed by atoms with Gasteiger partial charge in [-0.15, -0.1) is 11.8 Å². The van der Waals surface area contributed by atoms with Crippen LogP contribution < -0.4 is 16.4 Å². The first-order valence-corrected chi connectivity index (χ1v) is 21.4. The van der Waals surface area contributed by atoms with Crippen molar-refractivity contribution in [1.82, 2.24) is 25.3 Å². The molecule has 0 radical (unpaired) electrons. The molecule has 0 aliphatic carbocycles. The fraction of sp³-hybridized carbons (Fsp3) is 0.238. The Morgan fingerprint density at radius 1 is 0.852 bits per heavy atom. The Bertz CT molecular complexity index is 2380. The highest BCUT2D eigenvalue weighted by Crippen LogP contribution is 2.39. The van der Waals surface area contributed by atoms with Crippen molar-refractivity contribution < 1.29 is 51.2 Å². The number of nitrogens with two attached hydrogens (primary N) is 1. The van der Waals surface area contributed by atoms with Crippen LogP contribution in [-0.4, -0.2) is 100 Å². The Morgan fingerprint density at radius 3 is 2.03 bits per heavy atom. The lowest BCUT2D eigenvalue weighted by Gasteiger charge is -2.48. The van der Waals surface area contributed by atoms with Crippen LogP contribution >= 0.6 is 11.8 Å². The minimum atomic E-state index is -4.02. The molecule has 3 heterocycles. The van der Waals surface area contributed by atoms with Gasteiger partial charge in [0.1, 0.15) is 17.5 Å². The SMILES string of the molecule is CCN1CCN(C(=O)N[C@@H](C(=O)N[C@@H]2C(=O)N3C(OC(=O)OC(c4ccccc4)c4ccccc4)=CCS[C@@H]23)c2ccc(N)cc2)C(=O)C1=O.Cc1ccc(S(=O)(=O)O)cc1. The molecular weight excluding hydrogens is 829 g/mol. The summed E-state index contributed by atoms with van der Waals surface area (Å²) in [6.07, 6.45) is -0.200. The number of ether oxygens (including phenoxy) is 2. The number of anilines is 1. The van der Waals surface area contributed by atoms with Gasteiger partial charge in [-0.1, -0.05) is 90.5 Å². The van der Waals surface area contributed by atoms with E-state index >= 15 is 0 Å². The van der Waals surface area contributed by atoms with Gasteiger partial charge in [-0.3, -0.25) is 33.5 Å². The number of piperazine rings is 1. The highest BCUT2D eigenvalue weighted by molar-refractivity contribution is 8.00. The van der Waals surface area contributed by atoms with Gasteiger partial charge in [0.25, 0.3) is 16.0 Å². The van der Waals surface area contributed by atoms with E-state index in [0.29, 0.717) is 23.5 Å². The summed E-state index contributed by atoms with van der Waals surface area (Å²) < 4.78 is 40.8. The number of nitrogens with one attached hydrogen (secondary N) is 2. The number of carbonyl (C=O) groups excluding carboxylic acids is 6. The molecule has 3 aliphatic heterocycles. The number of aryl methyl sites for hydroxylation is 1. The second-order valence-electron chi connectivity index (χ2n) is 13.8. The standard InChI is InChI=1S/C35H34N6O8S.C7H8O3S/c1-2-39-18-19-40(32(45)31(39)44)34(46)38-26(21-13-15-24(36)16-14-21)29(42)37-27-30(43)41-25(17-20-50-33(27)41)48-35(47)49-28(22-9-5-3-6-10-22)23-11-7-4-8-12-23;1-6-2-4-7(5-3-6)11(8,9)10/h3-17,26-28,33H,2,18-20,36H2,1H3,(H,37,42)(H,38,46);2-5H,1H3,(H,8,9,10)/t26-,27-,33+;/m1./s1. The van der Waals surface area contributed by atoms with Crippen molar-refractivity contribution in [2.75, 3.05) is 31.1 Å². The van der Waals surface area contributed by atoms with E-state index in [-0.39, 0.29) is 23.9 Å². The van der Waals surface area contributed by atoms with Crippen LogP contribution in [0.4, 0.5) is 15.3 Å². The Morgan fingerprint density at radius 2 is 1.46 bits per heavy atom. The zero-order valence-corrected chi connectivity index (χ0v) is 34.5. The van der Waals surface area contributed by atoms with Crippen LogP contribution in [0, 0.1) is 6.92 Å². The maximum Gasteiger partial charge on any atom is 0.516 e. The van der Waals surface area contributed by atoms with Gasteiger partial charge >= 0.3 is 24.0 Å². The summed E-state index contributed by atoms with van der Waals surface area (Å²) in [6.45, 7) is 3.98. The molecule has 2 fully saturated rings. The number of hydrogen-bond donors (Lipinski definition) is 4. The number of benzene rings is 4. The molecule has 0 unspecified atom stereocenters. The molecule has 6 amide bonds. The Labute approximate surface area is 355 Å².